The molecule has 1 fully saturated rings. The summed E-state index contributed by atoms with van der Waals surface area (Å²) in [6, 6.07) is 26.0. The van der Waals surface area contributed by atoms with Crippen molar-refractivity contribution in [1.29, 1.82) is 0 Å². The molecule has 88 heavy (non-hydrogen) atoms. The van der Waals surface area contributed by atoms with Gasteiger partial charge >= 0.3 is 0 Å². The number of primary amides is 1. The highest BCUT2D eigenvalue weighted by Crippen LogP contribution is 2.41. The summed E-state index contributed by atoms with van der Waals surface area (Å²) in [5.41, 5.74) is 11.7. The number of likely N-dealkylation sites (tertiary alicyclic amines) is 1. The van der Waals surface area contributed by atoms with E-state index in [0.717, 1.165) is 28.5 Å². The van der Waals surface area contributed by atoms with Gasteiger partial charge in [0.25, 0.3) is 17.5 Å². The lowest BCUT2D eigenvalue weighted by molar-refractivity contribution is -0.384. The van der Waals surface area contributed by atoms with Gasteiger partial charge in [-0.2, -0.15) is 0 Å². The molecule has 458 valence electrons. The lowest BCUT2D eigenvalue weighted by atomic mass is 9.79. The molecule has 9 rings (SSSR count). The van der Waals surface area contributed by atoms with Crippen molar-refractivity contribution in [2.75, 3.05) is 46.3 Å². The molecule has 3 heterocycles. The Morgan fingerprint density at radius 2 is 1.32 bits per heavy atom. The van der Waals surface area contributed by atoms with Crippen molar-refractivity contribution in [3.05, 3.63) is 188 Å². The number of ketones is 1. The zero-order chi connectivity index (χ0) is 62.6. The predicted molar refractivity (Wildman–Crippen MR) is 325 cm³/mol. The number of carbonyl (C=O) groups excluding carboxylic acids is 9. The first-order chi connectivity index (χ1) is 42.3. The highest BCUT2D eigenvalue weighted by atomic mass is 19.1. The number of hydrogen-bond acceptors (Lipinski definition) is 12. The van der Waals surface area contributed by atoms with Gasteiger partial charge in [0.1, 0.15) is 23.9 Å². The van der Waals surface area contributed by atoms with Crippen LogP contribution in [0, 0.1) is 27.8 Å². The summed E-state index contributed by atoms with van der Waals surface area (Å²) < 4.78 is 14.2. The third-order valence-electron chi connectivity index (χ3n) is 16.4. The largest absolute Gasteiger partial charge is 0.368 e. The second-order valence-electron chi connectivity index (χ2n) is 22.6. The number of nitro groups is 1. The number of unbranched alkanes of at least 4 members (excludes halogenated alkanes) is 1. The number of fused-ring (bicyclic) bond motifs is 2. The fourth-order valence-electron chi connectivity index (χ4n) is 11.7. The predicted octanol–water partition coefficient (Wildman–Crippen LogP) is 4.45. The number of non-ortho nitro benzene ring substituents is 1. The van der Waals surface area contributed by atoms with E-state index in [0.29, 0.717) is 73.0 Å². The first kappa shape index (κ1) is 62.6. The van der Waals surface area contributed by atoms with Gasteiger partial charge in [-0.1, -0.05) is 66.7 Å². The Labute approximate surface area is 506 Å². The smallest absolute Gasteiger partial charge is 0.269 e. The van der Waals surface area contributed by atoms with E-state index >= 15 is 0 Å². The van der Waals surface area contributed by atoms with Crippen molar-refractivity contribution in [2.45, 2.75) is 82.5 Å². The van der Waals surface area contributed by atoms with Crippen LogP contribution in [-0.4, -0.2) is 143 Å². The molecular weight excluding hydrogens is 1130 g/mol. The van der Waals surface area contributed by atoms with Crippen LogP contribution < -0.4 is 37.6 Å². The number of piperidine rings is 1. The van der Waals surface area contributed by atoms with E-state index in [9.17, 15) is 57.7 Å². The van der Waals surface area contributed by atoms with Crippen LogP contribution in [0.4, 0.5) is 10.1 Å². The number of nitrogens with two attached hydrogens (primary N) is 1. The minimum absolute atomic E-state index is 0.00901. The third kappa shape index (κ3) is 15.6. The molecule has 22 nitrogen and oxygen atoms in total. The number of carbonyl (C=O) groups is 9. The minimum atomic E-state index is -1.26. The lowest BCUT2D eigenvalue weighted by Crippen LogP contribution is -2.58. The Kier molecular flexibility index (Phi) is 20.3. The Morgan fingerprint density at radius 1 is 0.705 bits per heavy atom. The van der Waals surface area contributed by atoms with Crippen LogP contribution in [0.1, 0.15) is 97.9 Å². The number of nitrogens with one attached hydrogen (secondary N) is 7. The highest BCUT2D eigenvalue weighted by molar-refractivity contribution is 6.10. The summed E-state index contributed by atoms with van der Waals surface area (Å²) in [5, 5.41) is 29.4. The molecule has 5 aromatic carbocycles. The summed E-state index contributed by atoms with van der Waals surface area (Å²) in [4.78, 5) is 138. The summed E-state index contributed by atoms with van der Waals surface area (Å²) in [7, 11) is 1.96. The van der Waals surface area contributed by atoms with E-state index in [1.54, 1.807) is 0 Å². The van der Waals surface area contributed by atoms with E-state index in [1.807, 2.05) is 37.5 Å². The fraction of sp³-hybridized carbons (Fsp3) is 0.338. The van der Waals surface area contributed by atoms with Crippen molar-refractivity contribution in [2.24, 2.45) is 17.6 Å². The number of hydrogen-bond donors (Lipinski definition) is 8. The van der Waals surface area contributed by atoms with Crippen LogP contribution in [0.15, 0.2) is 128 Å². The Balaban J connectivity index is 0.785. The SMILES string of the molecule is CC(=O)N[C@@H](CCCCNC(=O)c1ccc(C(=O)c2ccc(C(=O)NCCNC(=O)C3CCCN(C(=O)[C@H](Cc4ccc(F)cc4)NC(=O)[C@H](Cc4ccc([N+](=O)[O-])cc4)NC(=O)[C@@H]4C=C5c6cccc7[nH]cc(c67)C[C@H]5N(C)C4)C3)cc2)cc1)C(N)=O. The van der Waals surface area contributed by atoms with E-state index in [2.05, 4.69) is 41.8 Å². The second kappa shape index (κ2) is 28.5. The van der Waals surface area contributed by atoms with Crippen molar-refractivity contribution >= 4 is 75.2 Å². The van der Waals surface area contributed by atoms with Crippen LogP contribution in [0.3, 0.4) is 0 Å². The van der Waals surface area contributed by atoms with Gasteiger partial charge in [0.05, 0.1) is 16.8 Å². The zero-order valence-corrected chi connectivity index (χ0v) is 48.8. The van der Waals surface area contributed by atoms with Gasteiger partial charge in [0.2, 0.25) is 35.4 Å². The highest BCUT2D eigenvalue weighted by Gasteiger charge is 2.38. The topological polar surface area (TPSA) is 317 Å². The maximum absolute atomic E-state index is 14.7. The van der Waals surface area contributed by atoms with E-state index < -0.39 is 70.2 Å². The molecule has 6 atom stereocenters. The number of rotatable bonds is 25. The molecule has 1 aromatic heterocycles. The fourth-order valence-corrected chi connectivity index (χ4v) is 11.7. The number of nitrogens with zero attached hydrogens (tertiary/aromatic N) is 3. The third-order valence-corrected chi connectivity index (χ3v) is 16.4. The van der Waals surface area contributed by atoms with Crippen molar-refractivity contribution in [3.63, 3.8) is 0 Å². The monoisotopic (exact) mass is 1200 g/mol. The Hall–Kier alpha value is -9.90. The molecule has 1 unspecified atom stereocenters. The van der Waals surface area contributed by atoms with Crippen molar-refractivity contribution in [3.8, 4) is 0 Å². The first-order valence-electron chi connectivity index (χ1n) is 29.3. The van der Waals surface area contributed by atoms with Crippen molar-refractivity contribution < 1.29 is 52.5 Å². The maximum atomic E-state index is 14.7. The molecule has 3 aliphatic rings. The molecule has 0 saturated carbocycles. The molecule has 1 saturated heterocycles. The normalized spacial score (nSPS) is 17.2. The molecule has 1 aliphatic carbocycles. The maximum Gasteiger partial charge on any atom is 0.269 e. The van der Waals surface area contributed by atoms with Gasteiger partial charge in [-0.15, -0.1) is 0 Å². The van der Waals surface area contributed by atoms with Gasteiger partial charge in [-0.05, 0) is 116 Å². The van der Waals surface area contributed by atoms with Gasteiger partial charge < -0.3 is 47.5 Å². The van der Waals surface area contributed by atoms with E-state index in [-0.39, 0.29) is 79.8 Å². The number of likely N-dealkylation sites (N-methyl/N-ethyl adjacent to an activating group) is 1. The first-order valence-corrected chi connectivity index (χ1v) is 29.3. The van der Waals surface area contributed by atoms with Crippen LogP contribution >= 0.6 is 0 Å². The van der Waals surface area contributed by atoms with Gasteiger partial charge in [-0.3, -0.25) is 58.2 Å². The number of benzene rings is 5. The van der Waals surface area contributed by atoms with Crippen LogP contribution in [-0.2, 0) is 48.0 Å². The van der Waals surface area contributed by atoms with Crippen LogP contribution in [0.5, 0.6) is 0 Å². The number of amides is 8. The van der Waals surface area contributed by atoms with Crippen LogP contribution in [0.2, 0.25) is 0 Å². The number of aromatic amines is 1. The standard InChI is InChI=1S/C65H70FN11O11/c1-38(78)72-53(59(67)80)9-3-4-27-68-60(81)43-19-15-41(16-20-43)58(79)42-17-21-44(22-18-42)61(82)69-28-29-70-62(83)45-7-6-30-76(37-45)65(86)55(32-39-11-23-48(66)24-12-39)74-64(85)54(31-40-13-25-49(26-14-40)77(87)88)73-63(84)47-33-51-50-8-5-10-52-57(50)46(35-71-52)34-56(51)75(2)36-47/h5,8,10-26,33,35,45,47,53-56,71H,3-4,6-7,9,27-32,34,36-37H2,1-2H3,(H2,67,80)(H,68,81)(H,69,82)(H,70,83)(H,72,78)(H,73,84)(H,74,85)/t45?,47-,53+,54+,55+,56-/m1/s1. The average molecular weight is 1200 g/mol. The molecule has 6 aromatic rings. The quantitative estimate of drug-likeness (QED) is 0.0171. The van der Waals surface area contributed by atoms with Crippen LogP contribution in [0.25, 0.3) is 16.5 Å². The lowest BCUT2D eigenvalue weighted by Gasteiger charge is -2.39. The molecule has 2 aliphatic heterocycles. The number of halogens is 1. The van der Waals surface area contributed by atoms with Gasteiger partial charge in [0.15, 0.2) is 5.78 Å². The molecule has 23 heteroatoms. The summed E-state index contributed by atoms with van der Waals surface area (Å²) in [6.07, 6.45) is 6.90. The second-order valence-corrected chi connectivity index (χ2v) is 22.6. The number of H-pyrrole nitrogens is 1. The van der Waals surface area contributed by atoms with Gasteiger partial charge in [0, 0.05) is 117 Å². The molecule has 8 amide bonds. The number of aromatic nitrogens is 1. The van der Waals surface area contributed by atoms with E-state index in [1.165, 1.54) is 114 Å². The molecule has 9 N–H and O–H groups in total. The molecular formula is C65H70FN11O11. The summed E-state index contributed by atoms with van der Waals surface area (Å²) >= 11 is 0. The van der Waals surface area contributed by atoms with Gasteiger partial charge in [-0.25, -0.2) is 4.39 Å². The summed E-state index contributed by atoms with van der Waals surface area (Å²) in [6.45, 7) is 2.36. The van der Waals surface area contributed by atoms with Crippen molar-refractivity contribution in [1.82, 2.24) is 46.7 Å². The Morgan fingerprint density at radius 3 is 1.95 bits per heavy atom. The summed E-state index contributed by atoms with van der Waals surface area (Å²) in [5.74, 6) is -5.94. The zero-order valence-electron chi connectivity index (χ0n) is 48.8. The Bertz CT molecular complexity index is 3650. The minimum Gasteiger partial charge on any atom is -0.368 e. The average Bonchev–Trinajstić information content (AvgIpc) is 1.51. The number of nitro benzene ring substituents is 1. The molecule has 0 spiro atoms. The molecule has 0 radical (unpaired) electrons. The van der Waals surface area contributed by atoms with E-state index in [4.69, 9.17) is 5.73 Å². The molecule has 0 bridgehead atoms.